The number of hydrogen-bond donors (Lipinski definition) is 1. The second kappa shape index (κ2) is 7.01. The van der Waals surface area contributed by atoms with Gasteiger partial charge in [-0.25, -0.2) is 9.78 Å². The van der Waals surface area contributed by atoms with Crippen molar-refractivity contribution in [2.24, 2.45) is 10.6 Å². The molecule has 0 aromatic carbocycles. The van der Waals surface area contributed by atoms with Crippen molar-refractivity contribution in [1.82, 2.24) is 10.3 Å². The Labute approximate surface area is 166 Å². The third-order valence-corrected chi connectivity index (χ3v) is 4.99. The van der Waals surface area contributed by atoms with Crippen LogP contribution in [0.15, 0.2) is 17.4 Å². The highest BCUT2D eigenvalue weighted by atomic mass is 16.6. The van der Waals surface area contributed by atoms with Gasteiger partial charge < -0.3 is 14.8 Å². The number of pyridine rings is 1. The average molecular weight is 389 g/mol. The molecule has 0 radical (unpaired) electrons. The Morgan fingerprint density at radius 2 is 1.96 bits per heavy atom. The lowest BCUT2D eigenvalue weighted by atomic mass is 9.70. The van der Waals surface area contributed by atoms with Crippen molar-refractivity contribution < 1.29 is 14.3 Å². The third kappa shape index (κ3) is 4.80. The SMILES string of the molecule is CC(C)(C)Cc1cnc2c(c1)[C@@H](NC(=O)OC(C)(C)C)CC1(CC(N=O)C1)O2. The molecule has 1 spiro atoms. The highest BCUT2D eigenvalue weighted by Crippen LogP contribution is 2.49. The minimum atomic E-state index is -0.578. The number of nitrogens with one attached hydrogen (secondary N) is 1. The summed E-state index contributed by atoms with van der Waals surface area (Å²) >= 11 is 0. The first-order valence-electron chi connectivity index (χ1n) is 9.88. The van der Waals surface area contributed by atoms with Crippen molar-refractivity contribution in [3.05, 3.63) is 28.3 Å². The van der Waals surface area contributed by atoms with Crippen molar-refractivity contribution in [2.75, 3.05) is 0 Å². The topological polar surface area (TPSA) is 89.9 Å². The predicted molar refractivity (Wildman–Crippen MR) is 106 cm³/mol. The summed E-state index contributed by atoms with van der Waals surface area (Å²) in [5.74, 6) is 0.523. The van der Waals surface area contributed by atoms with Gasteiger partial charge >= 0.3 is 6.09 Å². The molecule has 3 rings (SSSR count). The van der Waals surface area contributed by atoms with Crippen LogP contribution in [0.3, 0.4) is 0 Å². The quantitative estimate of drug-likeness (QED) is 0.758. The van der Waals surface area contributed by atoms with E-state index < -0.39 is 17.3 Å². The number of alkyl carbamates (subject to hydrolysis) is 1. The van der Waals surface area contributed by atoms with E-state index >= 15 is 0 Å². The van der Waals surface area contributed by atoms with Crippen LogP contribution in [-0.4, -0.2) is 28.3 Å². The molecule has 1 aromatic heterocycles. The zero-order valence-electron chi connectivity index (χ0n) is 17.7. The molecular weight excluding hydrogens is 358 g/mol. The lowest BCUT2D eigenvalue weighted by Gasteiger charge is -2.49. The molecule has 7 nitrogen and oxygen atoms in total. The molecular formula is C21H31N3O4. The number of hydrogen-bond acceptors (Lipinski definition) is 6. The third-order valence-electron chi connectivity index (χ3n) is 4.99. The van der Waals surface area contributed by atoms with Crippen LogP contribution in [0, 0.1) is 10.3 Å². The fourth-order valence-corrected chi connectivity index (χ4v) is 3.99. The molecule has 1 fully saturated rings. The standard InChI is InChI=1S/C21H31N3O4/c1-19(2,3)8-13-7-15-16(23-18(25)28-20(4,5)6)11-21(9-14(10-21)24-26)27-17(15)22-12-13/h7,12,14,16H,8-11H2,1-6H3,(H,23,25)/t14?,16-,21?/m0/s1. The lowest BCUT2D eigenvalue weighted by Crippen LogP contribution is -2.55. The number of ether oxygens (including phenoxy) is 2. The van der Waals surface area contributed by atoms with Crippen LogP contribution in [-0.2, 0) is 11.2 Å². The Bertz CT molecular complexity index is 758. The van der Waals surface area contributed by atoms with Gasteiger partial charge in [0.25, 0.3) is 0 Å². The molecule has 0 unspecified atom stereocenters. The maximum Gasteiger partial charge on any atom is 0.408 e. The molecule has 1 aromatic rings. The van der Waals surface area contributed by atoms with Gasteiger partial charge in [-0.1, -0.05) is 25.9 Å². The number of carbonyl (C=O) groups excluding carboxylic acids is 1. The zero-order valence-corrected chi connectivity index (χ0v) is 17.7. The van der Waals surface area contributed by atoms with Gasteiger partial charge in [-0.2, -0.15) is 4.91 Å². The Balaban J connectivity index is 1.87. The summed E-state index contributed by atoms with van der Waals surface area (Å²) in [6, 6.07) is 1.55. The second-order valence-corrected chi connectivity index (χ2v) is 10.3. The van der Waals surface area contributed by atoms with E-state index in [2.05, 4.69) is 42.3 Å². The predicted octanol–water partition coefficient (Wildman–Crippen LogP) is 4.69. The van der Waals surface area contributed by atoms with Crippen molar-refractivity contribution in [3.63, 3.8) is 0 Å². The van der Waals surface area contributed by atoms with Gasteiger partial charge in [-0.05, 0) is 44.2 Å². The number of rotatable bonds is 3. The Kier molecular flexibility index (Phi) is 5.15. The Hall–Kier alpha value is -2.18. The first-order valence-corrected chi connectivity index (χ1v) is 9.88. The van der Waals surface area contributed by atoms with E-state index in [1.165, 1.54) is 0 Å². The van der Waals surface area contributed by atoms with Crippen molar-refractivity contribution in [2.45, 2.75) is 90.5 Å². The summed E-state index contributed by atoms with van der Waals surface area (Å²) in [6.45, 7) is 12.0. The van der Waals surface area contributed by atoms with Crippen LogP contribution in [0.2, 0.25) is 0 Å². The largest absolute Gasteiger partial charge is 0.471 e. The summed E-state index contributed by atoms with van der Waals surface area (Å²) in [6.07, 6.45) is 3.91. The van der Waals surface area contributed by atoms with Crippen molar-refractivity contribution in [1.29, 1.82) is 0 Å². The molecule has 1 atom stereocenters. The van der Waals surface area contributed by atoms with Crippen LogP contribution in [0.1, 0.15) is 78.0 Å². The number of nitroso groups, excluding NO2 is 1. The summed E-state index contributed by atoms with van der Waals surface area (Å²) in [5, 5.41) is 6.11. The molecule has 1 saturated carbocycles. The molecule has 154 valence electrons. The van der Waals surface area contributed by atoms with E-state index in [1.54, 1.807) is 0 Å². The summed E-state index contributed by atoms with van der Waals surface area (Å²) in [4.78, 5) is 27.8. The van der Waals surface area contributed by atoms with E-state index in [0.717, 1.165) is 17.5 Å². The molecule has 1 N–H and O–H groups in total. The first kappa shape index (κ1) is 20.6. The molecule has 1 aliphatic carbocycles. The molecule has 2 aliphatic rings. The summed E-state index contributed by atoms with van der Waals surface area (Å²) in [5.41, 5.74) is 1.01. The van der Waals surface area contributed by atoms with Gasteiger partial charge in [0, 0.05) is 31.0 Å². The van der Waals surface area contributed by atoms with E-state index in [4.69, 9.17) is 9.47 Å². The van der Waals surface area contributed by atoms with Crippen LogP contribution < -0.4 is 10.1 Å². The Morgan fingerprint density at radius 1 is 1.29 bits per heavy atom. The smallest absolute Gasteiger partial charge is 0.408 e. The minimum absolute atomic E-state index is 0.123. The molecule has 7 heteroatoms. The summed E-state index contributed by atoms with van der Waals surface area (Å²) < 4.78 is 11.6. The van der Waals surface area contributed by atoms with Crippen molar-refractivity contribution in [3.8, 4) is 5.88 Å². The van der Waals surface area contributed by atoms with E-state index in [1.807, 2.05) is 27.0 Å². The number of amides is 1. The van der Waals surface area contributed by atoms with E-state index in [9.17, 15) is 9.70 Å². The zero-order chi connectivity index (χ0) is 20.7. The molecule has 1 amide bonds. The second-order valence-electron chi connectivity index (χ2n) is 10.3. The van der Waals surface area contributed by atoms with Gasteiger partial charge in [0.15, 0.2) is 0 Å². The van der Waals surface area contributed by atoms with Gasteiger partial charge in [0.1, 0.15) is 11.2 Å². The first-order chi connectivity index (χ1) is 12.9. The Morgan fingerprint density at radius 3 is 2.54 bits per heavy atom. The van der Waals surface area contributed by atoms with E-state index in [-0.39, 0.29) is 17.5 Å². The lowest BCUT2D eigenvalue weighted by molar-refractivity contribution is -0.0531. The number of nitrogens with zero attached hydrogens (tertiary/aromatic N) is 2. The minimum Gasteiger partial charge on any atom is -0.471 e. The number of fused-ring (bicyclic) bond motifs is 1. The molecule has 1 aliphatic heterocycles. The average Bonchev–Trinajstić information content (AvgIpc) is 2.49. The van der Waals surface area contributed by atoms with Gasteiger partial charge in [-0.15, -0.1) is 0 Å². The van der Waals surface area contributed by atoms with Gasteiger partial charge in [-0.3, -0.25) is 0 Å². The van der Waals surface area contributed by atoms with Gasteiger partial charge in [0.05, 0.1) is 12.1 Å². The summed E-state index contributed by atoms with van der Waals surface area (Å²) in [7, 11) is 0. The maximum absolute atomic E-state index is 12.4. The fraction of sp³-hybridized carbons (Fsp3) is 0.714. The molecule has 2 heterocycles. The highest BCUT2D eigenvalue weighted by Gasteiger charge is 2.52. The number of carbonyl (C=O) groups is 1. The van der Waals surface area contributed by atoms with Gasteiger partial charge in [0.2, 0.25) is 5.88 Å². The normalized spacial score (nSPS) is 26.6. The maximum atomic E-state index is 12.4. The monoisotopic (exact) mass is 389 g/mol. The number of aromatic nitrogens is 1. The van der Waals surface area contributed by atoms with Crippen molar-refractivity contribution >= 4 is 6.09 Å². The van der Waals surface area contributed by atoms with Crippen LogP contribution in [0.4, 0.5) is 4.79 Å². The molecule has 28 heavy (non-hydrogen) atoms. The van der Waals surface area contributed by atoms with Crippen LogP contribution in [0.25, 0.3) is 0 Å². The van der Waals surface area contributed by atoms with Crippen LogP contribution in [0.5, 0.6) is 5.88 Å². The molecule has 0 bridgehead atoms. The van der Waals surface area contributed by atoms with Crippen LogP contribution >= 0.6 is 0 Å². The fourth-order valence-electron chi connectivity index (χ4n) is 3.99. The van der Waals surface area contributed by atoms with E-state index in [0.29, 0.717) is 25.1 Å². The highest BCUT2D eigenvalue weighted by molar-refractivity contribution is 5.68. The molecule has 0 saturated heterocycles.